The number of hydrogen-bond acceptors (Lipinski definition) is 4. The third-order valence-electron chi connectivity index (χ3n) is 6.22. The van der Waals surface area contributed by atoms with Crippen LogP contribution in [0.5, 0.6) is 0 Å². The lowest BCUT2D eigenvalue weighted by atomic mass is 9.91. The Morgan fingerprint density at radius 1 is 1.14 bits per heavy atom. The summed E-state index contributed by atoms with van der Waals surface area (Å²) in [6.07, 6.45) is 1.03. The topological polar surface area (TPSA) is 108 Å². The molecule has 1 aliphatic rings. The Hall–Kier alpha value is -3.42. The van der Waals surface area contributed by atoms with Crippen LogP contribution >= 0.6 is 0 Å². The number of aliphatic carboxylic acids is 1. The van der Waals surface area contributed by atoms with Crippen molar-refractivity contribution in [3.05, 3.63) is 65.0 Å². The Morgan fingerprint density at radius 2 is 1.91 bits per heavy atom. The molecule has 7 nitrogen and oxygen atoms in total. The highest BCUT2D eigenvalue weighted by atomic mass is 19.1. The van der Waals surface area contributed by atoms with E-state index in [1.54, 1.807) is 24.3 Å². The predicted molar refractivity (Wildman–Crippen MR) is 133 cm³/mol. The van der Waals surface area contributed by atoms with Gasteiger partial charge in [0.1, 0.15) is 11.9 Å². The van der Waals surface area contributed by atoms with E-state index >= 15 is 0 Å². The summed E-state index contributed by atoms with van der Waals surface area (Å²) in [4.78, 5) is 37.4. The number of carbonyl (C=O) groups is 3. The molecule has 4 N–H and O–H groups in total. The van der Waals surface area contributed by atoms with Gasteiger partial charge in [-0.1, -0.05) is 31.5 Å². The van der Waals surface area contributed by atoms with Crippen molar-refractivity contribution in [2.45, 2.75) is 64.5 Å². The van der Waals surface area contributed by atoms with Crippen LogP contribution in [0.4, 0.5) is 10.1 Å². The molecule has 2 unspecified atom stereocenters. The highest BCUT2D eigenvalue weighted by Gasteiger charge is 2.29. The lowest BCUT2D eigenvalue weighted by Gasteiger charge is -2.26. The maximum Gasteiger partial charge on any atom is 0.303 e. The molecule has 1 heterocycles. The van der Waals surface area contributed by atoms with Crippen LogP contribution < -0.4 is 16.0 Å². The summed E-state index contributed by atoms with van der Waals surface area (Å²) >= 11 is 0. The zero-order valence-electron chi connectivity index (χ0n) is 20.4. The van der Waals surface area contributed by atoms with Gasteiger partial charge in [-0.05, 0) is 68.0 Å². The second kappa shape index (κ2) is 11.8. The lowest BCUT2D eigenvalue weighted by Crippen LogP contribution is -2.50. The number of aryl methyl sites for hydroxylation is 1. The standard InChI is InChI=1S/C27H34FN3O4/c1-16(2)11-24(31-26(34)18-6-4-5-17(3)12-18)27(35)30-21(8-10-25(32)33)13-19-15-29-23-9-7-20(28)14-22(19)23/h4-7,9,12,14,16,19,21,24,29H,8,10-11,13,15H2,1-3H3,(H,30,35)(H,31,34)(H,32,33)/t19?,21-,24?/m0/s1. The summed E-state index contributed by atoms with van der Waals surface area (Å²) in [5.41, 5.74) is 3.09. The number of rotatable bonds is 11. The number of anilines is 1. The van der Waals surface area contributed by atoms with Crippen LogP contribution in [0.1, 0.15) is 66.9 Å². The fourth-order valence-electron chi connectivity index (χ4n) is 4.51. The van der Waals surface area contributed by atoms with Crippen molar-refractivity contribution in [1.29, 1.82) is 0 Å². The zero-order valence-corrected chi connectivity index (χ0v) is 20.4. The minimum atomic E-state index is -0.952. The molecule has 0 fully saturated rings. The van der Waals surface area contributed by atoms with Gasteiger partial charge in [-0.15, -0.1) is 0 Å². The molecule has 3 rings (SSSR count). The van der Waals surface area contributed by atoms with E-state index in [2.05, 4.69) is 16.0 Å². The molecular weight excluding hydrogens is 449 g/mol. The Kier molecular flexibility index (Phi) is 8.84. The average Bonchev–Trinajstić information content (AvgIpc) is 3.18. The molecule has 0 spiro atoms. The monoisotopic (exact) mass is 483 g/mol. The van der Waals surface area contributed by atoms with Gasteiger partial charge in [0.05, 0.1) is 0 Å². The summed E-state index contributed by atoms with van der Waals surface area (Å²) in [7, 11) is 0. The molecule has 0 aromatic heterocycles. The number of carbonyl (C=O) groups excluding carboxylic acids is 2. The highest BCUT2D eigenvalue weighted by molar-refractivity contribution is 5.97. The number of nitrogens with one attached hydrogen (secondary N) is 3. The van der Waals surface area contributed by atoms with Crippen molar-refractivity contribution >= 4 is 23.5 Å². The zero-order chi connectivity index (χ0) is 25.5. The second-order valence-corrected chi connectivity index (χ2v) is 9.71. The molecule has 2 aromatic carbocycles. The van der Waals surface area contributed by atoms with Gasteiger partial charge in [0, 0.05) is 36.2 Å². The predicted octanol–water partition coefficient (Wildman–Crippen LogP) is 4.23. The quantitative estimate of drug-likeness (QED) is 0.383. The third-order valence-corrected chi connectivity index (χ3v) is 6.22. The van der Waals surface area contributed by atoms with Crippen molar-refractivity contribution < 1.29 is 23.9 Å². The number of halogens is 1. The van der Waals surface area contributed by atoms with Gasteiger partial charge in [-0.3, -0.25) is 14.4 Å². The second-order valence-electron chi connectivity index (χ2n) is 9.71. The normalized spacial score (nSPS) is 16.2. The minimum Gasteiger partial charge on any atom is -0.481 e. The Balaban J connectivity index is 1.73. The van der Waals surface area contributed by atoms with Gasteiger partial charge in [-0.25, -0.2) is 4.39 Å². The van der Waals surface area contributed by atoms with Crippen LogP contribution in [0.15, 0.2) is 42.5 Å². The summed E-state index contributed by atoms with van der Waals surface area (Å²) < 4.78 is 13.8. The number of carboxylic acid groups (broad SMARTS) is 1. The molecule has 0 saturated heterocycles. The first-order valence-electron chi connectivity index (χ1n) is 12.1. The van der Waals surface area contributed by atoms with Gasteiger partial charge in [0.15, 0.2) is 0 Å². The Morgan fingerprint density at radius 3 is 2.60 bits per heavy atom. The molecule has 1 aliphatic heterocycles. The van der Waals surface area contributed by atoms with Crippen molar-refractivity contribution in [2.24, 2.45) is 5.92 Å². The Bertz CT molecular complexity index is 1070. The lowest BCUT2D eigenvalue weighted by molar-refractivity contribution is -0.137. The largest absolute Gasteiger partial charge is 0.481 e. The molecule has 2 amide bonds. The maximum atomic E-state index is 13.8. The van der Waals surface area contributed by atoms with E-state index in [0.29, 0.717) is 24.9 Å². The molecule has 0 saturated carbocycles. The number of benzene rings is 2. The number of hydrogen-bond donors (Lipinski definition) is 4. The first kappa shape index (κ1) is 26.2. The van der Waals surface area contributed by atoms with Gasteiger partial charge < -0.3 is 21.1 Å². The summed E-state index contributed by atoms with van der Waals surface area (Å²) in [6, 6.07) is 10.5. The third kappa shape index (κ3) is 7.53. The molecule has 35 heavy (non-hydrogen) atoms. The summed E-state index contributed by atoms with van der Waals surface area (Å²) in [5.74, 6) is -1.88. The molecule has 0 radical (unpaired) electrons. The van der Waals surface area contributed by atoms with Crippen LogP contribution in [0, 0.1) is 18.7 Å². The SMILES string of the molecule is Cc1cccc(C(=O)NC(CC(C)C)C(=O)N[C@@H](CCC(=O)O)CC2CNc3ccc(F)cc32)c1. The molecular formula is C27H34FN3O4. The van der Waals surface area contributed by atoms with Crippen LogP contribution in [-0.2, 0) is 9.59 Å². The Labute approximate surface area is 205 Å². The van der Waals surface area contributed by atoms with Crippen LogP contribution in [0.2, 0.25) is 0 Å². The van der Waals surface area contributed by atoms with Crippen LogP contribution in [0.25, 0.3) is 0 Å². The molecule has 188 valence electrons. The number of fused-ring (bicyclic) bond motifs is 1. The van der Waals surface area contributed by atoms with Crippen molar-refractivity contribution in [2.75, 3.05) is 11.9 Å². The first-order chi connectivity index (χ1) is 16.6. The van der Waals surface area contributed by atoms with Crippen LogP contribution in [-0.4, -0.2) is 41.5 Å². The van der Waals surface area contributed by atoms with Gasteiger partial charge >= 0.3 is 5.97 Å². The summed E-state index contributed by atoms with van der Waals surface area (Å²) in [6.45, 7) is 6.41. The van der Waals surface area contributed by atoms with Crippen molar-refractivity contribution in [1.82, 2.24) is 10.6 Å². The van der Waals surface area contributed by atoms with Crippen molar-refractivity contribution in [3.8, 4) is 0 Å². The summed E-state index contributed by atoms with van der Waals surface area (Å²) in [5, 5.41) is 18.3. The van der Waals surface area contributed by atoms with Gasteiger partial charge in [-0.2, -0.15) is 0 Å². The van der Waals surface area contributed by atoms with Gasteiger partial charge in [0.2, 0.25) is 5.91 Å². The highest BCUT2D eigenvalue weighted by Crippen LogP contribution is 2.35. The fraction of sp³-hybridized carbons (Fsp3) is 0.444. The van der Waals surface area contributed by atoms with E-state index in [1.165, 1.54) is 12.1 Å². The van der Waals surface area contributed by atoms with E-state index < -0.39 is 18.1 Å². The minimum absolute atomic E-state index is 0.0646. The molecule has 0 aliphatic carbocycles. The van der Waals surface area contributed by atoms with E-state index in [9.17, 15) is 23.9 Å². The number of carboxylic acids is 1. The first-order valence-corrected chi connectivity index (χ1v) is 12.1. The maximum absolute atomic E-state index is 13.8. The van der Waals surface area contributed by atoms with E-state index in [-0.39, 0.29) is 42.3 Å². The van der Waals surface area contributed by atoms with E-state index in [4.69, 9.17) is 0 Å². The molecule has 0 bridgehead atoms. The van der Waals surface area contributed by atoms with Crippen LogP contribution in [0.3, 0.4) is 0 Å². The van der Waals surface area contributed by atoms with E-state index in [0.717, 1.165) is 16.8 Å². The fourth-order valence-corrected chi connectivity index (χ4v) is 4.51. The van der Waals surface area contributed by atoms with E-state index in [1.807, 2.05) is 26.8 Å². The smallest absolute Gasteiger partial charge is 0.303 e. The number of amides is 2. The van der Waals surface area contributed by atoms with Crippen molar-refractivity contribution in [3.63, 3.8) is 0 Å². The average molecular weight is 484 g/mol. The molecule has 8 heteroatoms. The van der Waals surface area contributed by atoms with Gasteiger partial charge in [0.25, 0.3) is 5.91 Å². The molecule has 2 aromatic rings. The molecule has 3 atom stereocenters.